The first kappa shape index (κ1) is 19.5. The zero-order valence-electron chi connectivity index (χ0n) is 15.3. The minimum atomic E-state index is -0.840. The molecular weight excluding hydrogens is 338 g/mol. The van der Waals surface area contributed by atoms with Crippen LogP contribution in [0.5, 0.6) is 5.75 Å². The van der Waals surface area contributed by atoms with E-state index < -0.39 is 29.3 Å². The van der Waals surface area contributed by atoms with Crippen LogP contribution < -0.4 is 15.7 Å². The number of alkyl carbamates (subject to hydrolysis) is 1. The summed E-state index contributed by atoms with van der Waals surface area (Å²) in [7, 11) is 0. The van der Waals surface area contributed by atoms with Gasteiger partial charge in [-0.3, -0.25) is 0 Å². The number of hydrogen-bond acceptors (Lipinski definition) is 6. The fourth-order valence-electron chi connectivity index (χ4n) is 2.28. The molecule has 0 aliphatic rings. The summed E-state index contributed by atoms with van der Waals surface area (Å²) in [5.41, 5.74) is -0.841. The molecule has 140 valence electrons. The van der Waals surface area contributed by atoms with Gasteiger partial charge in [0.15, 0.2) is 0 Å². The molecule has 7 nitrogen and oxygen atoms in total. The second-order valence-electron chi connectivity index (χ2n) is 6.86. The highest BCUT2D eigenvalue weighted by Gasteiger charge is 2.25. The van der Waals surface area contributed by atoms with Crippen LogP contribution in [-0.2, 0) is 9.53 Å². The predicted molar refractivity (Wildman–Crippen MR) is 96.2 cm³/mol. The Labute approximate surface area is 151 Å². The lowest BCUT2D eigenvalue weighted by Gasteiger charge is -2.22. The Bertz CT molecular complexity index is 849. The first-order valence-electron chi connectivity index (χ1n) is 8.43. The first-order chi connectivity index (χ1) is 12.2. The van der Waals surface area contributed by atoms with Gasteiger partial charge >= 0.3 is 17.7 Å². The van der Waals surface area contributed by atoms with Gasteiger partial charge in [0, 0.05) is 17.5 Å². The summed E-state index contributed by atoms with van der Waals surface area (Å²) in [5.74, 6) is -0.390. The van der Waals surface area contributed by atoms with Gasteiger partial charge in [-0.05, 0) is 45.4 Å². The molecular formula is C19H23NO6. The molecule has 1 aromatic heterocycles. The molecule has 2 rings (SSSR count). The van der Waals surface area contributed by atoms with E-state index in [2.05, 4.69) is 5.32 Å². The van der Waals surface area contributed by atoms with Crippen molar-refractivity contribution in [1.82, 2.24) is 5.32 Å². The van der Waals surface area contributed by atoms with Gasteiger partial charge in [-0.1, -0.05) is 13.3 Å². The molecule has 0 aliphatic heterocycles. The number of benzene rings is 1. The summed E-state index contributed by atoms with van der Waals surface area (Å²) < 4.78 is 15.6. The lowest BCUT2D eigenvalue weighted by molar-refractivity contribution is -0.137. The van der Waals surface area contributed by atoms with Gasteiger partial charge in [0.05, 0.1) is 0 Å². The van der Waals surface area contributed by atoms with E-state index in [0.29, 0.717) is 23.8 Å². The zero-order valence-corrected chi connectivity index (χ0v) is 15.3. The number of rotatable bonds is 5. The van der Waals surface area contributed by atoms with Crippen LogP contribution in [0.15, 0.2) is 39.5 Å². The summed E-state index contributed by atoms with van der Waals surface area (Å²) in [6.45, 7) is 7.11. The Morgan fingerprint density at radius 2 is 1.88 bits per heavy atom. The molecule has 0 saturated heterocycles. The largest absolute Gasteiger partial charge is 0.444 e. The molecule has 0 fully saturated rings. The van der Waals surface area contributed by atoms with Crippen molar-refractivity contribution < 1.29 is 23.5 Å². The Kier molecular flexibility index (Phi) is 6.02. The predicted octanol–water partition coefficient (Wildman–Crippen LogP) is 3.39. The third kappa shape index (κ3) is 5.61. The standard InChI is InChI=1S/C19H23NO6/c1-5-6-14(20-18(23)26-19(2,3)4)17(22)24-13-9-7-12-8-10-16(21)25-15(12)11-13/h7-11,14H,5-6H2,1-4H3,(H,20,23). The van der Waals surface area contributed by atoms with E-state index in [-0.39, 0.29) is 5.75 Å². The van der Waals surface area contributed by atoms with Crippen molar-refractivity contribution in [3.63, 3.8) is 0 Å². The van der Waals surface area contributed by atoms with Crippen LogP contribution in [0.3, 0.4) is 0 Å². The molecule has 1 aromatic carbocycles. The normalized spacial score (nSPS) is 12.5. The molecule has 0 saturated carbocycles. The molecule has 0 spiro atoms. The second kappa shape index (κ2) is 8.03. The average Bonchev–Trinajstić information content (AvgIpc) is 2.52. The van der Waals surface area contributed by atoms with Crippen molar-refractivity contribution in [2.24, 2.45) is 0 Å². The molecule has 0 bridgehead atoms. The monoisotopic (exact) mass is 361 g/mol. The van der Waals surface area contributed by atoms with Crippen molar-refractivity contribution in [3.8, 4) is 5.75 Å². The first-order valence-corrected chi connectivity index (χ1v) is 8.43. The molecule has 1 unspecified atom stereocenters. The van der Waals surface area contributed by atoms with Crippen LogP contribution >= 0.6 is 0 Å². The van der Waals surface area contributed by atoms with Gasteiger partial charge < -0.3 is 19.2 Å². The fraction of sp³-hybridized carbons (Fsp3) is 0.421. The molecule has 1 amide bonds. The fourth-order valence-corrected chi connectivity index (χ4v) is 2.28. The van der Waals surface area contributed by atoms with Gasteiger partial charge in [0.25, 0.3) is 0 Å². The van der Waals surface area contributed by atoms with Gasteiger partial charge in [0.1, 0.15) is 23.0 Å². The van der Waals surface area contributed by atoms with Gasteiger partial charge in [-0.2, -0.15) is 0 Å². The second-order valence-corrected chi connectivity index (χ2v) is 6.86. The number of nitrogens with one attached hydrogen (secondary N) is 1. The Hall–Kier alpha value is -2.83. The smallest absolute Gasteiger partial charge is 0.408 e. The van der Waals surface area contributed by atoms with Crippen LogP contribution in [-0.4, -0.2) is 23.7 Å². The number of carbonyl (C=O) groups excluding carboxylic acids is 2. The molecule has 1 N–H and O–H groups in total. The molecule has 1 heterocycles. The van der Waals surface area contributed by atoms with E-state index in [1.165, 1.54) is 12.1 Å². The van der Waals surface area contributed by atoms with Crippen LogP contribution in [0.25, 0.3) is 11.0 Å². The minimum Gasteiger partial charge on any atom is -0.444 e. The number of carbonyl (C=O) groups is 2. The maximum absolute atomic E-state index is 12.4. The summed E-state index contributed by atoms with van der Waals surface area (Å²) in [6.07, 6.45) is 0.389. The number of amides is 1. The molecule has 7 heteroatoms. The Balaban J connectivity index is 2.11. The molecule has 1 atom stereocenters. The van der Waals surface area contributed by atoms with E-state index >= 15 is 0 Å². The van der Waals surface area contributed by atoms with Crippen LogP contribution in [0.1, 0.15) is 40.5 Å². The summed E-state index contributed by atoms with van der Waals surface area (Å²) >= 11 is 0. The van der Waals surface area contributed by atoms with Crippen molar-refractivity contribution >= 4 is 23.0 Å². The molecule has 26 heavy (non-hydrogen) atoms. The maximum atomic E-state index is 12.4. The number of ether oxygens (including phenoxy) is 2. The van der Waals surface area contributed by atoms with E-state index in [0.717, 1.165) is 0 Å². The van der Waals surface area contributed by atoms with E-state index in [4.69, 9.17) is 13.9 Å². The lowest BCUT2D eigenvalue weighted by atomic mass is 10.1. The highest BCUT2D eigenvalue weighted by Crippen LogP contribution is 2.20. The van der Waals surface area contributed by atoms with Crippen LogP contribution in [0.4, 0.5) is 4.79 Å². The van der Waals surface area contributed by atoms with Crippen LogP contribution in [0.2, 0.25) is 0 Å². The van der Waals surface area contributed by atoms with Crippen molar-refractivity contribution in [3.05, 3.63) is 40.8 Å². The van der Waals surface area contributed by atoms with E-state index in [1.54, 1.807) is 39.0 Å². The zero-order chi connectivity index (χ0) is 19.3. The summed E-state index contributed by atoms with van der Waals surface area (Å²) in [5, 5.41) is 3.24. The van der Waals surface area contributed by atoms with Crippen LogP contribution in [0, 0.1) is 0 Å². The number of hydrogen-bond donors (Lipinski definition) is 1. The number of fused-ring (bicyclic) bond motifs is 1. The number of esters is 1. The summed E-state index contributed by atoms with van der Waals surface area (Å²) in [4.78, 5) is 35.7. The Morgan fingerprint density at radius 3 is 2.54 bits per heavy atom. The van der Waals surface area contributed by atoms with Crippen molar-refractivity contribution in [2.75, 3.05) is 0 Å². The lowest BCUT2D eigenvalue weighted by Crippen LogP contribution is -2.45. The van der Waals surface area contributed by atoms with Crippen molar-refractivity contribution in [1.29, 1.82) is 0 Å². The van der Waals surface area contributed by atoms with Gasteiger partial charge in [-0.25, -0.2) is 14.4 Å². The highest BCUT2D eigenvalue weighted by atomic mass is 16.6. The third-order valence-electron chi connectivity index (χ3n) is 3.37. The van der Waals surface area contributed by atoms with Gasteiger partial charge in [0.2, 0.25) is 0 Å². The molecule has 0 radical (unpaired) electrons. The van der Waals surface area contributed by atoms with Crippen molar-refractivity contribution in [2.45, 2.75) is 52.2 Å². The molecule has 0 aliphatic carbocycles. The SMILES string of the molecule is CCCC(NC(=O)OC(C)(C)C)C(=O)Oc1ccc2ccc(=O)oc2c1. The molecule has 2 aromatic rings. The maximum Gasteiger partial charge on any atom is 0.408 e. The highest BCUT2D eigenvalue weighted by molar-refractivity contribution is 5.84. The van der Waals surface area contributed by atoms with E-state index in [1.807, 2.05) is 6.92 Å². The topological polar surface area (TPSA) is 94.8 Å². The quantitative estimate of drug-likeness (QED) is 0.498. The van der Waals surface area contributed by atoms with E-state index in [9.17, 15) is 14.4 Å². The average molecular weight is 361 g/mol. The third-order valence-corrected chi connectivity index (χ3v) is 3.37. The van der Waals surface area contributed by atoms with Gasteiger partial charge in [-0.15, -0.1) is 0 Å². The Morgan fingerprint density at radius 1 is 1.19 bits per heavy atom. The minimum absolute atomic E-state index is 0.226. The summed E-state index contributed by atoms with van der Waals surface area (Å²) in [6, 6.07) is 6.83.